The number of hydrogen-bond acceptors (Lipinski definition) is 8. The van der Waals surface area contributed by atoms with Crippen molar-refractivity contribution < 1.29 is 27.4 Å². The summed E-state index contributed by atoms with van der Waals surface area (Å²) in [7, 11) is -3.85. The van der Waals surface area contributed by atoms with Gasteiger partial charge >= 0.3 is 0 Å². The lowest BCUT2D eigenvalue weighted by Crippen LogP contribution is -2.34. The van der Waals surface area contributed by atoms with E-state index in [1.807, 2.05) is 4.72 Å². The van der Waals surface area contributed by atoms with Gasteiger partial charge in [0.15, 0.2) is 0 Å². The molecule has 0 aliphatic rings. The molecule has 25 heavy (non-hydrogen) atoms. The standard InChI is InChI=1S/C11H12ClFN6O5S/c12-7-5-6(1-2-8(7)13)16-10(17-20)9-11(19-24-18-9)23-4-3-15-25(14,21)22/h1-2,5,15,20H,3-4H2,(H,16,17)(H2,14,21,22). The Kier molecular flexibility index (Phi) is 6.08. The smallest absolute Gasteiger partial charge is 0.287 e. The van der Waals surface area contributed by atoms with Crippen molar-refractivity contribution in [2.24, 2.45) is 10.3 Å². The first kappa shape index (κ1) is 18.9. The van der Waals surface area contributed by atoms with E-state index in [1.54, 1.807) is 0 Å². The number of aromatic nitrogens is 2. The van der Waals surface area contributed by atoms with E-state index in [-0.39, 0.29) is 35.6 Å². The second-order valence-corrected chi connectivity index (χ2v) is 6.19. The molecule has 0 bridgehead atoms. The molecule has 1 aromatic carbocycles. The van der Waals surface area contributed by atoms with E-state index in [0.717, 1.165) is 6.07 Å². The first-order chi connectivity index (χ1) is 11.8. The maximum atomic E-state index is 13.2. The minimum absolute atomic E-state index is 0.112. The van der Waals surface area contributed by atoms with Gasteiger partial charge in [0.05, 0.1) is 5.02 Å². The first-order valence-electron chi connectivity index (χ1n) is 6.47. The number of nitrogens with one attached hydrogen (secondary N) is 2. The second kappa shape index (κ2) is 8.06. The Labute approximate surface area is 145 Å². The zero-order valence-electron chi connectivity index (χ0n) is 12.3. The third-order valence-corrected chi connectivity index (χ3v) is 3.51. The molecule has 5 N–H and O–H groups in total. The van der Waals surface area contributed by atoms with Gasteiger partial charge in [0, 0.05) is 12.2 Å². The molecular formula is C11H12ClFN6O5S. The lowest BCUT2D eigenvalue weighted by atomic mass is 10.3. The van der Waals surface area contributed by atoms with Crippen molar-refractivity contribution in [1.82, 2.24) is 15.0 Å². The van der Waals surface area contributed by atoms with Gasteiger partial charge in [-0.3, -0.25) is 0 Å². The highest BCUT2D eigenvalue weighted by atomic mass is 35.5. The SMILES string of the molecule is NS(=O)(=O)NCCOc1nonc1/C(=N/O)Nc1ccc(F)c(Cl)c1. The molecule has 0 amide bonds. The summed E-state index contributed by atoms with van der Waals surface area (Å²) in [6, 6.07) is 3.71. The Morgan fingerprint density at radius 3 is 2.88 bits per heavy atom. The van der Waals surface area contributed by atoms with Crippen LogP contribution in [0.25, 0.3) is 0 Å². The fourth-order valence-corrected chi connectivity index (χ4v) is 2.14. The number of oxime groups is 1. The van der Waals surface area contributed by atoms with E-state index in [1.165, 1.54) is 12.1 Å². The Bertz CT molecular complexity index is 874. The second-order valence-electron chi connectivity index (χ2n) is 4.41. The number of rotatable bonds is 7. The number of halogens is 2. The molecule has 2 rings (SSSR count). The molecule has 11 nitrogen and oxygen atoms in total. The van der Waals surface area contributed by atoms with Gasteiger partial charge in [0.25, 0.3) is 16.1 Å². The maximum absolute atomic E-state index is 13.2. The zero-order chi connectivity index (χ0) is 18.4. The normalized spacial score (nSPS) is 12.2. The molecule has 1 heterocycles. The van der Waals surface area contributed by atoms with Crippen molar-refractivity contribution in [2.45, 2.75) is 0 Å². The lowest BCUT2D eigenvalue weighted by molar-refractivity contribution is 0.258. The minimum atomic E-state index is -3.85. The van der Waals surface area contributed by atoms with Crippen LogP contribution in [0.4, 0.5) is 10.1 Å². The molecule has 0 radical (unpaired) electrons. The molecule has 0 atom stereocenters. The number of hydrogen-bond donors (Lipinski definition) is 4. The van der Waals surface area contributed by atoms with Crippen LogP contribution >= 0.6 is 11.6 Å². The quantitative estimate of drug-likeness (QED) is 0.171. The highest BCUT2D eigenvalue weighted by molar-refractivity contribution is 7.87. The molecule has 0 fully saturated rings. The molecule has 14 heteroatoms. The number of anilines is 1. The fourth-order valence-electron chi connectivity index (χ4n) is 1.59. The Balaban J connectivity index is 2.06. The predicted molar refractivity (Wildman–Crippen MR) is 84.3 cm³/mol. The molecule has 1 aromatic heterocycles. The monoisotopic (exact) mass is 394 g/mol. The van der Waals surface area contributed by atoms with Gasteiger partial charge in [-0.15, -0.1) is 0 Å². The van der Waals surface area contributed by atoms with Gasteiger partial charge in [0.2, 0.25) is 11.5 Å². The van der Waals surface area contributed by atoms with E-state index in [2.05, 4.69) is 25.4 Å². The maximum Gasteiger partial charge on any atom is 0.287 e. The summed E-state index contributed by atoms with van der Waals surface area (Å²) in [5, 5.41) is 26.4. The van der Waals surface area contributed by atoms with Crippen LogP contribution in [0, 0.1) is 5.82 Å². The van der Waals surface area contributed by atoms with Crippen LogP contribution in [-0.4, -0.2) is 42.9 Å². The summed E-state index contributed by atoms with van der Waals surface area (Å²) in [5.74, 6) is -1.02. The number of amidine groups is 1. The van der Waals surface area contributed by atoms with Crippen LogP contribution in [-0.2, 0) is 10.2 Å². The Morgan fingerprint density at radius 1 is 1.48 bits per heavy atom. The van der Waals surface area contributed by atoms with Gasteiger partial charge in [-0.25, -0.2) is 14.2 Å². The van der Waals surface area contributed by atoms with Gasteiger partial charge in [-0.2, -0.15) is 13.1 Å². The summed E-state index contributed by atoms with van der Waals surface area (Å²) in [6.07, 6.45) is 0. The van der Waals surface area contributed by atoms with Crippen molar-refractivity contribution >= 4 is 33.3 Å². The van der Waals surface area contributed by atoms with E-state index in [0.29, 0.717) is 5.69 Å². The summed E-state index contributed by atoms with van der Waals surface area (Å²) in [6.45, 7) is -0.295. The molecule has 0 aliphatic carbocycles. The van der Waals surface area contributed by atoms with Crippen LogP contribution in [0.3, 0.4) is 0 Å². The van der Waals surface area contributed by atoms with Crippen LogP contribution in [0.2, 0.25) is 5.02 Å². The molecule has 0 unspecified atom stereocenters. The van der Waals surface area contributed by atoms with Crippen molar-refractivity contribution in [3.63, 3.8) is 0 Å². The predicted octanol–water partition coefficient (Wildman–Crippen LogP) is 0.282. The summed E-state index contributed by atoms with van der Waals surface area (Å²) in [5.41, 5.74) is 0.183. The third-order valence-electron chi connectivity index (χ3n) is 2.61. The summed E-state index contributed by atoms with van der Waals surface area (Å²) < 4.78 is 46.3. The van der Waals surface area contributed by atoms with E-state index in [9.17, 15) is 12.8 Å². The first-order valence-corrected chi connectivity index (χ1v) is 8.40. The van der Waals surface area contributed by atoms with Gasteiger partial charge in [0.1, 0.15) is 12.4 Å². The highest BCUT2D eigenvalue weighted by Gasteiger charge is 2.19. The van der Waals surface area contributed by atoms with Crippen molar-refractivity contribution in [3.8, 4) is 5.88 Å². The highest BCUT2D eigenvalue weighted by Crippen LogP contribution is 2.21. The van der Waals surface area contributed by atoms with E-state index >= 15 is 0 Å². The molecule has 0 saturated carbocycles. The average Bonchev–Trinajstić information content (AvgIpc) is 3.00. The molecule has 2 aromatic rings. The fraction of sp³-hybridized carbons (Fsp3) is 0.182. The average molecular weight is 395 g/mol. The summed E-state index contributed by atoms with van der Waals surface area (Å²) >= 11 is 5.66. The van der Waals surface area contributed by atoms with Crippen LogP contribution < -0.4 is 19.9 Å². The van der Waals surface area contributed by atoms with Crippen LogP contribution in [0.15, 0.2) is 28.0 Å². The Morgan fingerprint density at radius 2 is 2.24 bits per heavy atom. The third kappa shape index (κ3) is 5.53. The molecule has 0 aliphatic heterocycles. The molecule has 136 valence electrons. The van der Waals surface area contributed by atoms with Crippen LogP contribution in [0.5, 0.6) is 5.88 Å². The lowest BCUT2D eigenvalue weighted by Gasteiger charge is -2.08. The van der Waals surface area contributed by atoms with Crippen molar-refractivity contribution in [2.75, 3.05) is 18.5 Å². The van der Waals surface area contributed by atoms with E-state index in [4.69, 9.17) is 26.7 Å². The largest absolute Gasteiger partial charge is 0.472 e. The number of nitrogens with two attached hydrogens (primary N) is 1. The molecule has 0 spiro atoms. The van der Waals surface area contributed by atoms with Gasteiger partial charge in [-0.1, -0.05) is 16.8 Å². The van der Waals surface area contributed by atoms with Crippen molar-refractivity contribution in [3.05, 3.63) is 34.7 Å². The Hall–Kier alpha value is -2.48. The molecule has 0 saturated heterocycles. The summed E-state index contributed by atoms with van der Waals surface area (Å²) in [4.78, 5) is 0. The minimum Gasteiger partial charge on any atom is -0.472 e. The molecular weight excluding hydrogens is 383 g/mol. The van der Waals surface area contributed by atoms with Gasteiger partial charge in [-0.05, 0) is 28.5 Å². The van der Waals surface area contributed by atoms with E-state index < -0.39 is 16.0 Å². The van der Waals surface area contributed by atoms with Crippen LogP contribution in [0.1, 0.15) is 5.69 Å². The number of nitrogens with zero attached hydrogens (tertiary/aromatic N) is 3. The zero-order valence-corrected chi connectivity index (χ0v) is 13.9. The number of benzene rings is 1. The number of ether oxygens (including phenoxy) is 1. The topological polar surface area (TPSA) is 165 Å². The van der Waals surface area contributed by atoms with Gasteiger partial charge < -0.3 is 15.3 Å². The van der Waals surface area contributed by atoms with Crippen molar-refractivity contribution in [1.29, 1.82) is 0 Å².